The molecule has 2 amide bonds. The van der Waals surface area contributed by atoms with Gasteiger partial charge in [0, 0.05) is 18.0 Å². The maximum Gasteiger partial charge on any atom is 0.268 e. The van der Waals surface area contributed by atoms with Gasteiger partial charge in [-0.25, -0.2) is 5.01 Å². The number of hydrazine groups is 1. The normalized spacial score (nSPS) is 13.4. The lowest BCUT2D eigenvalue weighted by atomic mass is 10.1. The van der Waals surface area contributed by atoms with Crippen molar-refractivity contribution in [2.45, 2.75) is 12.8 Å². The highest BCUT2D eigenvalue weighted by molar-refractivity contribution is 6.30. The predicted octanol–water partition coefficient (Wildman–Crippen LogP) is 2.84. The molecule has 0 radical (unpaired) electrons. The van der Waals surface area contributed by atoms with Crippen molar-refractivity contribution in [3.63, 3.8) is 0 Å². The van der Waals surface area contributed by atoms with Crippen molar-refractivity contribution in [2.24, 2.45) is 0 Å². The molecule has 0 bridgehead atoms. The first-order valence-corrected chi connectivity index (χ1v) is 9.44. The summed E-state index contributed by atoms with van der Waals surface area (Å²) in [5.41, 5.74) is 4.82. The molecule has 2 aromatic rings. The first-order chi connectivity index (χ1) is 14.0. The lowest BCUT2D eigenvalue weighted by Crippen LogP contribution is -2.49. The average Bonchev–Trinajstić information content (AvgIpc) is 2.74. The maximum absolute atomic E-state index is 12.5. The van der Waals surface area contributed by atoms with Gasteiger partial charge in [-0.15, -0.1) is 0 Å². The summed E-state index contributed by atoms with van der Waals surface area (Å²) < 4.78 is 10.5. The van der Waals surface area contributed by atoms with Crippen LogP contribution in [0.15, 0.2) is 54.2 Å². The molecular formula is C21H22ClN3O4. The van der Waals surface area contributed by atoms with Crippen LogP contribution < -0.4 is 25.2 Å². The molecule has 0 fully saturated rings. The molecule has 2 aromatic carbocycles. The molecule has 0 saturated carbocycles. The number of halogens is 1. The van der Waals surface area contributed by atoms with Crippen molar-refractivity contribution in [2.75, 3.05) is 25.8 Å². The molecule has 0 unspecified atom stereocenters. The van der Waals surface area contributed by atoms with Crippen LogP contribution in [0.4, 0.5) is 5.69 Å². The molecule has 7 nitrogen and oxygen atoms in total. The van der Waals surface area contributed by atoms with Gasteiger partial charge in [-0.2, -0.15) is 0 Å². The molecule has 0 atom stereocenters. The van der Waals surface area contributed by atoms with Crippen molar-refractivity contribution >= 4 is 29.1 Å². The number of benzene rings is 2. The van der Waals surface area contributed by atoms with Gasteiger partial charge in [0.05, 0.1) is 19.9 Å². The van der Waals surface area contributed by atoms with Crippen LogP contribution in [-0.2, 0) is 16.0 Å². The van der Waals surface area contributed by atoms with Crippen molar-refractivity contribution < 1.29 is 19.1 Å². The number of methoxy groups -OCH3 is 2. The van der Waals surface area contributed by atoms with Crippen LogP contribution in [0.5, 0.6) is 11.5 Å². The van der Waals surface area contributed by atoms with E-state index < -0.39 is 0 Å². The number of carbonyl (C=O) groups excluding carboxylic acids is 2. The third-order valence-electron chi connectivity index (χ3n) is 4.44. The fraction of sp³-hybridized carbons (Fsp3) is 0.238. The number of carbonyl (C=O) groups is 2. The Labute approximate surface area is 174 Å². The predicted molar refractivity (Wildman–Crippen MR) is 111 cm³/mol. The first kappa shape index (κ1) is 20.5. The third-order valence-corrected chi connectivity index (χ3v) is 4.69. The summed E-state index contributed by atoms with van der Waals surface area (Å²) in [4.78, 5) is 24.7. The summed E-state index contributed by atoms with van der Waals surface area (Å²) in [5, 5.41) is 4.78. The van der Waals surface area contributed by atoms with E-state index in [9.17, 15) is 9.59 Å². The number of hydrogen-bond acceptors (Lipinski definition) is 5. The molecule has 1 heterocycles. The van der Waals surface area contributed by atoms with Crippen LogP contribution in [-0.4, -0.2) is 32.6 Å². The van der Waals surface area contributed by atoms with E-state index in [0.29, 0.717) is 40.9 Å². The average molecular weight is 416 g/mol. The monoisotopic (exact) mass is 415 g/mol. The molecule has 0 spiro atoms. The minimum Gasteiger partial charge on any atom is -0.493 e. The Morgan fingerprint density at radius 2 is 1.86 bits per heavy atom. The Balaban J connectivity index is 1.58. The Morgan fingerprint density at radius 1 is 1.14 bits per heavy atom. The highest BCUT2D eigenvalue weighted by Crippen LogP contribution is 2.27. The van der Waals surface area contributed by atoms with Gasteiger partial charge in [0.1, 0.15) is 5.70 Å². The number of anilines is 1. The van der Waals surface area contributed by atoms with Crippen LogP contribution in [0, 0.1) is 0 Å². The summed E-state index contributed by atoms with van der Waals surface area (Å²) in [6.07, 6.45) is 2.34. The summed E-state index contributed by atoms with van der Waals surface area (Å²) in [6.45, 7) is 0.433. The number of nitrogens with zero attached hydrogens (tertiary/aromatic N) is 1. The lowest BCUT2D eigenvalue weighted by Gasteiger charge is -2.28. The largest absolute Gasteiger partial charge is 0.493 e. The van der Waals surface area contributed by atoms with E-state index in [1.165, 1.54) is 5.01 Å². The molecular weight excluding hydrogens is 394 g/mol. The van der Waals surface area contributed by atoms with Gasteiger partial charge >= 0.3 is 0 Å². The van der Waals surface area contributed by atoms with Gasteiger partial charge in [0.2, 0.25) is 5.91 Å². The maximum atomic E-state index is 12.5. The fourth-order valence-corrected chi connectivity index (χ4v) is 3.03. The van der Waals surface area contributed by atoms with Gasteiger partial charge in [0.15, 0.2) is 11.5 Å². The van der Waals surface area contributed by atoms with Gasteiger partial charge in [0.25, 0.3) is 5.91 Å². The number of hydrogen-bond donors (Lipinski definition) is 2. The SMILES string of the molecule is COc1ccc(CCNC(=O)C2=CCC(=O)N(c3ccc(Cl)cc3)N2)cc1OC. The second-order valence-electron chi connectivity index (χ2n) is 6.33. The molecule has 0 aromatic heterocycles. The van der Waals surface area contributed by atoms with E-state index in [-0.39, 0.29) is 18.2 Å². The quantitative estimate of drug-likeness (QED) is 0.726. The zero-order valence-corrected chi connectivity index (χ0v) is 17.0. The Morgan fingerprint density at radius 3 is 2.55 bits per heavy atom. The second-order valence-corrected chi connectivity index (χ2v) is 6.77. The van der Waals surface area contributed by atoms with Crippen molar-refractivity contribution in [1.82, 2.24) is 10.7 Å². The van der Waals surface area contributed by atoms with E-state index >= 15 is 0 Å². The topological polar surface area (TPSA) is 79.9 Å². The first-order valence-electron chi connectivity index (χ1n) is 9.06. The highest BCUT2D eigenvalue weighted by Gasteiger charge is 2.23. The minimum atomic E-state index is -0.281. The van der Waals surface area contributed by atoms with Crippen molar-refractivity contribution in [3.05, 3.63) is 64.8 Å². The zero-order valence-electron chi connectivity index (χ0n) is 16.2. The summed E-state index contributed by atoms with van der Waals surface area (Å²) in [5.74, 6) is 0.861. The van der Waals surface area contributed by atoms with Crippen LogP contribution >= 0.6 is 11.6 Å². The fourth-order valence-electron chi connectivity index (χ4n) is 2.90. The van der Waals surface area contributed by atoms with E-state index in [2.05, 4.69) is 10.7 Å². The van der Waals surface area contributed by atoms with Crippen molar-refractivity contribution in [3.8, 4) is 11.5 Å². The molecule has 152 valence electrons. The van der Waals surface area contributed by atoms with E-state index in [1.54, 1.807) is 44.6 Å². The molecule has 1 aliphatic rings. The molecule has 2 N–H and O–H groups in total. The molecule has 0 aliphatic carbocycles. The standard InChI is InChI=1S/C21H22ClN3O4/c1-28-18-9-3-14(13-19(18)29-2)11-12-23-21(27)17-8-10-20(26)25(24-17)16-6-4-15(22)5-7-16/h3-9,13,24H,10-12H2,1-2H3,(H,23,27). The zero-order chi connectivity index (χ0) is 20.8. The Bertz CT molecular complexity index is 928. The van der Waals surface area contributed by atoms with Crippen LogP contribution in [0.1, 0.15) is 12.0 Å². The molecule has 0 saturated heterocycles. The van der Waals surface area contributed by atoms with E-state index in [0.717, 1.165) is 5.56 Å². The Kier molecular flexibility index (Phi) is 6.61. The molecule has 3 rings (SSSR count). The lowest BCUT2D eigenvalue weighted by molar-refractivity contribution is -0.120. The number of ether oxygens (including phenoxy) is 2. The van der Waals surface area contributed by atoms with E-state index in [1.807, 2.05) is 18.2 Å². The van der Waals surface area contributed by atoms with E-state index in [4.69, 9.17) is 21.1 Å². The highest BCUT2D eigenvalue weighted by atomic mass is 35.5. The smallest absolute Gasteiger partial charge is 0.268 e. The minimum absolute atomic E-state index is 0.133. The Hall–Kier alpha value is -3.19. The summed E-state index contributed by atoms with van der Waals surface area (Å²) >= 11 is 5.90. The van der Waals surface area contributed by atoms with Gasteiger partial charge in [-0.3, -0.25) is 15.0 Å². The summed E-state index contributed by atoms with van der Waals surface area (Å²) in [7, 11) is 3.17. The molecule has 29 heavy (non-hydrogen) atoms. The third kappa shape index (κ3) is 5.00. The van der Waals surface area contributed by atoms with Gasteiger partial charge in [-0.1, -0.05) is 17.7 Å². The number of nitrogens with one attached hydrogen (secondary N) is 2. The molecule has 8 heteroatoms. The second kappa shape index (κ2) is 9.34. The molecule has 1 aliphatic heterocycles. The number of amides is 2. The van der Waals surface area contributed by atoms with Crippen molar-refractivity contribution in [1.29, 1.82) is 0 Å². The summed E-state index contributed by atoms with van der Waals surface area (Å²) in [6, 6.07) is 12.4. The van der Waals surface area contributed by atoms with Crippen LogP contribution in [0.2, 0.25) is 5.02 Å². The van der Waals surface area contributed by atoms with Crippen LogP contribution in [0.3, 0.4) is 0 Å². The van der Waals surface area contributed by atoms with Crippen LogP contribution in [0.25, 0.3) is 0 Å². The van der Waals surface area contributed by atoms with Gasteiger partial charge in [-0.05, 0) is 54.5 Å². The number of rotatable bonds is 7. The van der Waals surface area contributed by atoms with Gasteiger partial charge < -0.3 is 14.8 Å².